The predicted octanol–water partition coefficient (Wildman–Crippen LogP) is 4.01. The molecule has 190 valence electrons. The highest BCUT2D eigenvalue weighted by atomic mass is 16.6. The minimum absolute atomic E-state index is 0.0819. The van der Waals surface area contributed by atoms with E-state index in [9.17, 15) is 9.59 Å². The van der Waals surface area contributed by atoms with E-state index in [1.54, 1.807) is 27.7 Å². The number of carbonyl (C=O) groups is 2. The number of hydrogen-bond acceptors (Lipinski definition) is 7. The lowest BCUT2D eigenvalue weighted by Gasteiger charge is -2.30. The molecule has 1 aliphatic heterocycles. The third kappa shape index (κ3) is 8.98. The summed E-state index contributed by atoms with van der Waals surface area (Å²) in [4.78, 5) is 25.1. The molecular formula is C27H35NO7. The first kappa shape index (κ1) is 26.7. The van der Waals surface area contributed by atoms with Crippen LogP contribution in [0.4, 0.5) is 4.79 Å². The molecule has 8 heteroatoms. The lowest BCUT2D eigenvalue weighted by atomic mass is 10.1. The summed E-state index contributed by atoms with van der Waals surface area (Å²) in [5.74, 6) is -0.625. The van der Waals surface area contributed by atoms with Crippen molar-refractivity contribution in [1.29, 1.82) is 0 Å². The molecule has 1 N–H and O–H groups in total. The van der Waals surface area contributed by atoms with E-state index in [1.165, 1.54) is 0 Å². The van der Waals surface area contributed by atoms with Gasteiger partial charge in [-0.3, -0.25) is 0 Å². The molecular weight excluding hydrogens is 450 g/mol. The third-order valence-electron chi connectivity index (χ3n) is 5.27. The summed E-state index contributed by atoms with van der Waals surface area (Å²) >= 11 is 0. The second-order valence-corrected chi connectivity index (χ2v) is 9.47. The molecule has 0 bridgehead atoms. The largest absolute Gasteiger partial charge is 0.458 e. The van der Waals surface area contributed by atoms with Crippen molar-refractivity contribution in [1.82, 2.24) is 5.32 Å². The molecule has 0 aliphatic carbocycles. The van der Waals surface area contributed by atoms with Crippen LogP contribution in [0.3, 0.4) is 0 Å². The quantitative estimate of drug-likeness (QED) is 0.593. The van der Waals surface area contributed by atoms with E-state index in [4.69, 9.17) is 23.7 Å². The van der Waals surface area contributed by atoms with Crippen molar-refractivity contribution in [2.24, 2.45) is 0 Å². The molecule has 1 aliphatic rings. The zero-order valence-electron chi connectivity index (χ0n) is 20.8. The number of cyclic esters (lactones) is 1. The number of amides is 1. The summed E-state index contributed by atoms with van der Waals surface area (Å²) in [7, 11) is 0. The van der Waals surface area contributed by atoms with Crippen molar-refractivity contribution < 1.29 is 33.3 Å². The Kier molecular flexibility index (Phi) is 9.65. The lowest BCUT2D eigenvalue weighted by molar-refractivity contribution is -0.171. The van der Waals surface area contributed by atoms with Gasteiger partial charge in [-0.05, 0) is 38.8 Å². The summed E-state index contributed by atoms with van der Waals surface area (Å²) in [6, 6.07) is 18.5. The van der Waals surface area contributed by atoms with Gasteiger partial charge in [-0.25, -0.2) is 9.59 Å². The summed E-state index contributed by atoms with van der Waals surface area (Å²) in [5, 5.41) is 2.54. The smallest absolute Gasteiger partial charge is 0.408 e. The molecule has 0 radical (unpaired) electrons. The van der Waals surface area contributed by atoms with Crippen LogP contribution in [0.1, 0.15) is 38.8 Å². The second-order valence-electron chi connectivity index (χ2n) is 9.47. The Morgan fingerprint density at radius 1 is 0.943 bits per heavy atom. The fourth-order valence-electron chi connectivity index (χ4n) is 3.58. The van der Waals surface area contributed by atoms with Crippen LogP contribution in [0.25, 0.3) is 0 Å². The fraction of sp³-hybridized carbons (Fsp3) is 0.481. The average molecular weight is 486 g/mol. The number of esters is 1. The SMILES string of the molecule is C[C@@H]1OC(=O)[C@@H](NC(=O)OC(C)(C)C)COC[C@@H](OCc2ccccc2)[C@@H]1OCc1ccccc1. The van der Waals surface area contributed by atoms with Gasteiger partial charge in [0.1, 0.15) is 23.9 Å². The Labute approximate surface area is 206 Å². The van der Waals surface area contributed by atoms with E-state index in [0.717, 1.165) is 11.1 Å². The van der Waals surface area contributed by atoms with E-state index in [1.807, 2.05) is 60.7 Å². The normalized spacial score (nSPS) is 23.4. The molecule has 0 saturated carbocycles. The molecule has 0 unspecified atom stereocenters. The number of benzene rings is 2. The van der Waals surface area contributed by atoms with Crippen molar-refractivity contribution in [2.45, 2.75) is 70.9 Å². The van der Waals surface area contributed by atoms with E-state index in [2.05, 4.69) is 5.32 Å². The van der Waals surface area contributed by atoms with Gasteiger partial charge < -0.3 is 29.0 Å². The average Bonchev–Trinajstić information content (AvgIpc) is 2.85. The maximum Gasteiger partial charge on any atom is 0.408 e. The second kappa shape index (κ2) is 12.7. The number of alkyl carbamates (subject to hydrolysis) is 1. The molecule has 1 heterocycles. The molecule has 35 heavy (non-hydrogen) atoms. The lowest BCUT2D eigenvalue weighted by Crippen LogP contribution is -2.48. The molecule has 0 spiro atoms. The van der Waals surface area contributed by atoms with Gasteiger partial charge in [-0.15, -0.1) is 0 Å². The van der Waals surface area contributed by atoms with Crippen LogP contribution in [-0.2, 0) is 41.7 Å². The third-order valence-corrected chi connectivity index (χ3v) is 5.27. The van der Waals surface area contributed by atoms with E-state index in [0.29, 0.717) is 13.2 Å². The standard InChI is InChI=1S/C27H35NO7/c1-19-24(33-16-21-13-9-6-10-14-21)23(32-15-20-11-7-5-8-12-20)18-31-17-22(25(29)34-19)28-26(30)35-27(2,3)4/h5-14,19,22-24H,15-18H2,1-4H3,(H,28,30)/t19-,22-,23+,24+/m0/s1. The zero-order chi connectivity index (χ0) is 25.3. The summed E-state index contributed by atoms with van der Waals surface area (Å²) in [6.45, 7) is 7.73. The predicted molar refractivity (Wildman–Crippen MR) is 130 cm³/mol. The van der Waals surface area contributed by atoms with Gasteiger partial charge in [0.05, 0.1) is 26.4 Å². The number of nitrogens with one attached hydrogen (secondary N) is 1. The van der Waals surface area contributed by atoms with Crippen LogP contribution in [-0.4, -0.2) is 55.2 Å². The molecule has 1 saturated heterocycles. The maximum atomic E-state index is 12.9. The molecule has 3 rings (SSSR count). The number of rotatable bonds is 7. The Morgan fingerprint density at radius 2 is 1.51 bits per heavy atom. The van der Waals surface area contributed by atoms with Crippen molar-refractivity contribution >= 4 is 12.1 Å². The van der Waals surface area contributed by atoms with Gasteiger partial charge in [-0.1, -0.05) is 60.7 Å². The van der Waals surface area contributed by atoms with Crippen molar-refractivity contribution in [3.8, 4) is 0 Å². The Bertz CT molecular complexity index is 930. The van der Waals surface area contributed by atoms with Crippen LogP contribution in [0.15, 0.2) is 60.7 Å². The molecule has 2 aromatic carbocycles. The molecule has 8 nitrogen and oxygen atoms in total. The van der Waals surface area contributed by atoms with Crippen LogP contribution in [0.5, 0.6) is 0 Å². The summed E-state index contributed by atoms with van der Waals surface area (Å²) in [6.07, 6.45) is -2.48. The number of hydrogen-bond donors (Lipinski definition) is 1. The Morgan fingerprint density at radius 3 is 2.09 bits per heavy atom. The van der Waals surface area contributed by atoms with Crippen molar-refractivity contribution in [2.75, 3.05) is 13.2 Å². The molecule has 0 aromatic heterocycles. The zero-order valence-corrected chi connectivity index (χ0v) is 20.8. The first-order chi connectivity index (χ1) is 16.7. The maximum absolute atomic E-state index is 12.9. The highest BCUT2D eigenvalue weighted by Gasteiger charge is 2.36. The first-order valence-corrected chi connectivity index (χ1v) is 11.8. The van der Waals surface area contributed by atoms with E-state index < -0.39 is 42.0 Å². The van der Waals surface area contributed by atoms with Gasteiger partial charge in [-0.2, -0.15) is 0 Å². The van der Waals surface area contributed by atoms with Gasteiger partial charge in [0.2, 0.25) is 0 Å². The first-order valence-electron chi connectivity index (χ1n) is 11.8. The van der Waals surface area contributed by atoms with Crippen LogP contribution in [0.2, 0.25) is 0 Å². The Hall–Kier alpha value is -2.94. The topological polar surface area (TPSA) is 92.3 Å². The van der Waals surface area contributed by atoms with Crippen LogP contribution in [0, 0.1) is 0 Å². The van der Waals surface area contributed by atoms with Gasteiger partial charge in [0, 0.05) is 0 Å². The highest BCUT2D eigenvalue weighted by molar-refractivity contribution is 5.81. The summed E-state index contributed by atoms with van der Waals surface area (Å²) < 4.78 is 29.2. The van der Waals surface area contributed by atoms with Crippen molar-refractivity contribution in [3.05, 3.63) is 71.8 Å². The van der Waals surface area contributed by atoms with Crippen molar-refractivity contribution in [3.63, 3.8) is 0 Å². The van der Waals surface area contributed by atoms with Gasteiger partial charge in [0.25, 0.3) is 0 Å². The number of ether oxygens (including phenoxy) is 5. The van der Waals surface area contributed by atoms with Crippen LogP contribution < -0.4 is 5.32 Å². The van der Waals surface area contributed by atoms with Gasteiger partial charge >= 0.3 is 12.1 Å². The minimum atomic E-state index is -1.02. The monoisotopic (exact) mass is 485 g/mol. The van der Waals surface area contributed by atoms with Gasteiger partial charge in [0.15, 0.2) is 6.04 Å². The van der Waals surface area contributed by atoms with E-state index in [-0.39, 0.29) is 13.2 Å². The highest BCUT2D eigenvalue weighted by Crippen LogP contribution is 2.20. The molecule has 4 atom stereocenters. The summed E-state index contributed by atoms with van der Waals surface area (Å²) in [5.41, 5.74) is 1.29. The van der Waals surface area contributed by atoms with E-state index >= 15 is 0 Å². The molecule has 1 amide bonds. The Balaban J connectivity index is 1.72. The molecule has 1 fully saturated rings. The minimum Gasteiger partial charge on any atom is -0.458 e. The van der Waals surface area contributed by atoms with Crippen LogP contribution >= 0.6 is 0 Å². The number of carbonyl (C=O) groups excluding carboxylic acids is 2. The fourth-order valence-corrected chi connectivity index (χ4v) is 3.58. The molecule has 2 aromatic rings.